The Kier molecular flexibility index (Phi) is 11.8. The molecule has 206 valence electrons. The molecule has 5 N–H and O–H groups in total. The molecule has 2 rings (SSSR count). The fourth-order valence-corrected chi connectivity index (χ4v) is 5.95. The maximum atomic E-state index is 13.8. The molecule has 2 aliphatic rings. The minimum Gasteiger partial charge on any atom is -0.449 e. The van der Waals surface area contributed by atoms with Gasteiger partial charge in [0.2, 0.25) is 11.8 Å². The van der Waals surface area contributed by atoms with Gasteiger partial charge in [-0.05, 0) is 76.4 Å². The first-order chi connectivity index (χ1) is 17.0. The molecule has 0 aromatic heterocycles. The van der Waals surface area contributed by atoms with E-state index in [0.29, 0.717) is 25.4 Å². The van der Waals surface area contributed by atoms with Crippen molar-refractivity contribution in [2.24, 2.45) is 23.5 Å². The summed E-state index contributed by atoms with van der Waals surface area (Å²) < 4.78 is 4.75. The van der Waals surface area contributed by atoms with Crippen LogP contribution < -0.4 is 16.4 Å². The van der Waals surface area contributed by atoms with Gasteiger partial charge in [-0.2, -0.15) is 11.8 Å². The second-order valence-corrected chi connectivity index (χ2v) is 12.9. The van der Waals surface area contributed by atoms with Crippen molar-refractivity contribution in [3.8, 4) is 0 Å². The van der Waals surface area contributed by atoms with Crippen LogP contribution in [0.25, 0.3) is 0 Å². The highest BCUT2D eigenvalue weighted by Crippen LogP contribution is 2.32. The number of likely N-dealkylation sites (tertiary alicyclic amines) is 1. The van der Waals surface area contributed by atoms with Crippen molar-refractivity contribution in [1.29, 1.82) is 5.41 Å². The molecule has 1 aliphatic carbocycles. The molecule has 36 heavy (non-hydrogen) atoms. The molecule has 2 fully saturated rings. The van der Waals surface area contributed by atoms with Crippen LogP contribution in [0.15, 0.2) is 0 Å². The van der Waals surface area contributed by atoms with Crippen molar-refractivity contribution < 1.29 is 19.1 Å². The number of nitrogens with two attached hydrogens (primary N) is 1. The molecular weight excluding hydrogens is 478 g/mol. The van der Waals surface area contributed by atoms with E-state index in [1.807, 2.05) is 27.7 Å². The van der Waals surface area contributed by atoms with Crippen LogP contribution in [0.3, 0.4) is 0 Å². The topological polar surface area (TPSA) is 138 Å². The Balaban J connectivity index is 2.04. The summed E-state index contributed by atoms with van der Waals surface area (Å²) in [5, 5.41) is 13.5. The second kappa shape index (κ2) is 14.1. The Morgan fingerprint density at radius 1 is 1.17 bits per heavy atom. The molecule has 0 unspecified atom stereocenters. The molecule has 10 heteroatoms. The van der Waals surface area contributed by atoms with Crippen LogP contribution in [0.2, 0.25) is 0 Å². The van der Waals surface area contributed by atoms with E-state index in [9.17, 15) is 14.4 Å². The van der Waals surface area contributed by atoms with Crippen LogP contribution in [0, 0.1) is 23.2 Å². The number of hydrogen-bond acceptors (Lipinski definition) is 6. The van der Waals surface area contributed by atoms with Crippen molar-refractivity contribution in [1.82, 2.24) is 15.5 Å². The number of amides is 3. The van der Waals surface area contributed by atoms with Gasteiger partial charge in [-0.1, -0.05) is 20.8 Å². The maximum Gasteiger partial charge on any atom is 0.407 e. The predicted octanol–water partition coefficient (Wildman–Crippen LogP) is 3.51. The third-order valence-electron chi connectivity index (χ3n) is 7.12. The van der Waals surface area contributed by atoms with E-state index in [-0.39, 0.29) is 36.1 Å². The summed E-state index contributed by atoms with van der Waals surface area (Å²) in [6, 6.07) is -1.34. The molecule has 1 saturated carbocycles. The minimum atomic E-state index is -0.802. The Hall–Kier alpha value is -1.97. The molecule has 0 aromatic rings. The maximum absolute atomic E-state index is 13.8. The first-order valence-corrected chi connectivity index (χ1v) is 14.4. The molecule has 0 radical (unpaired) electrons. The molecule has 1 heterocycles. The van der Waals surface area contributed by atoms with Gasteiger partial charge in [0, 0.05) is 23.8 Å². The van der Waals surface area contributed by atoms with Crippen LogP contribution in [-0.4, -0.2) is 70.9 Å². The van der Waals surface area contributed by atoms with Gasteiger partial charge in [-0.3, -0.25) is 15.0 Å². The van der Waals surface area contributed by atoms with Crippen LogP contribution in [-0.2, 0) is 14.3 Å². The van der Waals surface area contributed by atoms with Gasteiger partial charge in [0.05, 0.1) is 12.4 Å². The second-order valence-electron chi connectivity index (χ2n) is 11.1. The molecule has 0 aromatic carbocycles. The van der Waals surface area contributed by atoms with Crippen molar-refractivity contribution in [2.75, 3.05) is 25.4 Å². The van der Waals surface area contributed by atoms with Gasteiger partial charge in [-0.15, -0.1) is 0 Å². The normalized spacial score (nSPS) is 23.3. The lowest BCUT2D eigenvalue weighted by Gasteiger charge is -2.37. The highest BCUT2D eigenvalue weighted by atomic mass is 32.2. The van der Waals surface area contributed by atoms with Gasteiger partial charge in [0.15, 0.2) is 0 Å². The number of carbonyl (C=O) groups excluding carboxylic acids is 3. The summed E-state index contributed by atoms with van der Waals surface area (Å²) in [6.45, 7) is 11.3. The van der Waals surface area contributed by atoms with E-state index in [1.165, 1.54) is 0 Å². The van der Waals surface area contributed by atoms with E-state index in [1.54, 1.807) is 16.7 Å². The monoisotopic (exact) mass is 525 g/mol. The first-order valence-electron chi connectivity index (χ1n) is 13.5. The van der Waals surface area contributed by atoms with Gasteiger partial charge in [0.1, 0.15) is 12.1 Å². The van der Waals surface area contributed by atoms with E-state index >= 15 is 0 Å². The average molecular weight is 526 g/mol. The fourth-order valence-electron chi connectivity index (χ4n) is 4.89. The number of thioether (sulfide) groups is 1. The van der Waals surface area contributed by atoms with Crippen molar-refractivity contribution >= 4 is 35.5 Å². The summed E-state index contributed by atoms with van der Waals surface area (Å²) in [5.74, 6) is 1.47. The molecular formula is C26H47N5O4S. The van der Waals surface area contributed by atoms with Crippen LogP contribution >= 0.6 is 11.8 Å². The molecule has 0 spiro atoms. The van der Waals surface area contributed by atoms with Gasteiger partial charge < -0.3 is 26.0 Å². The number of alkyl carbamates (subject to hydrolysis) is 1. The number of amidine groups is 1. The molecule has 2 atom stereocenters. The first kappa shape index (κ1) is 30.3. The zero-order valence-electron chi connectivity index (χ0n) is 22.7. The van der Waals surface area contributed by atoms with Crippen LogP contribution in [0.1, 0.15) is 79.6 Å². The summed E-state index contributed by atoms with van der Waals surface area (Å²) in [5.41, 5.74) is 5.64. The minimum absolute atomic E-state index is 0.130. The smallest absolute Gasteiger partial charge is 0.407 e. The Morgan fingerprint density at radius 3 is 2.42 bits per heavy atom. The number of nitrogens with zero attached hydrogens (tertiary/aromatic N) is 1. The Bertz CT molecular complexity index is 767. The molecule has 9 nitrogen and oxygen atoms in total. The number of ether oxygens (including phenoxy) is 1. The molecule has 0 bridgehead atoms. The Labute approximate surface area is 220 Å². The predicted molar refractivity (Wildman–Crippen MR) is 145 cm³/mol. The highest BCUT2D eigenvalue weighted by molar-refractivity contribution is 8.00. The van der Waals surface area contributed by atoms with Crippen molar-refractivity contribution in [3.05, 3.63) is 0 Å². The summed E-state index contributed by atoms with van der Waals surface area (Å²) in [6.07, 6.45) is 5.35. The Morgan fingerprint density at radius 2 is 1.83 bits per heavy atom. The van der Waals surface area contributed by atoms with Crippen LogP contribution in [0.4, 0.5) is 4.79 Å². The summed E-state index contributed by atoms with van der Waals surface area (Å²) in [7, 11) is 0. The zero-order valence-corrected chi connectivity index (χ0v) is 23.5. The highest BCUT2D eigenvalue weighted by Gasteiger charge is 2.44. The van der Waals surface area contributed by atoms with Gasteiger partial charge in [0.25, 0.3) is 0 Å². The van der Waals surface area contributed by atoms with Gasteiger partial charge in [-0.25, -0.2) is 4.79 Å². The van der Waals surface area contributed by atoms with E-state index in [2.05, 4.69) is 17.6 Å². The van der Waals surface area contributed by atoms with E-state index in [0.717, 1.165) is 44.3 Å². The van der Waals surface area contributed by atoms with E-state index in [4.69, 9.17) is 15.9 Å². The fraction of sp³-hybridized carbons (Fsp3) is 0.846. The largest absolute Gasteiger partial charge is 0.449 e. The number of hydrogen-bond donors (Lipinski definition) is 4. The SMILES string of the molecule is CCCSC(C)(C)[C@@H](NC(=O)OCC(C)C)C(=O)N1CCC[C@H]1C(=O)NC[C@H]1CC[C@H](C(=N)N)CC1. The van der Waals surface area contributed by atoms with Crippen molar-refractivity contribution in [3.63, 3.8) is 0 Å². The molecule has 1 aliphatic heterocycles. The third kappa shape index (κ3) is 8.85. The molecule has 3 amide bonds. The number of nitrogens with one attached hydrogen (secondary N) is 3. The number of rotatable bonds is 12. The lowest BCUT2D eigenvalue weighted by molar-refractivity contribution is -0.140. The lowest BCUT2D eigenvalue weighted by atomic mass is 9.81. The summed E-state index contributed by atoms with van der Waals surface area (Å²) in [4.78, 5) is 41.1. The number of carbonyl (C=O) groups is 3. The lowest BCUT2D eigenvalue weighted by Crippen LogP contribution is -2.60. The standard InChI is InChI=1S/C26H47N5O4S/c1-6-14-36-26(4,5)21(30-25(34)35-16-17(2)3)24(33)31-13-7-8-20(31)23(32)29-15-18-9-11-19(12-10-18)22(27)28/h17-21H,6-16H2,1-5H3,(H3,27,28)(H,29,32)(H,30,34)/t18-,19-,20-,21-/m0/s1. The quantitative estimate of drug-likeness (QED) is 0.227. The average Bonchev–Trinajstić information content (AvgIpc) is 3.33. The van der Waals surface area contributed by atoms with E-state index < -0.39 is 22.9 Å². The molecule has 1 saturated heterocycles. The van der Waals surface area contributed by atoms with Crippen molar-refractivity contribution in [2.45, 2.75) is 96.4 Å². The third-order valence-corrected chi connectivity index (χ3v) is 8.71. The van der Waals surface area contributed by atoms with Crippen LogP contribution in [0.5, 0.6) is 0 Å². The summed E-state index contributed by atoms with van der Waals surface area (Å²) >= 11 is 1.64. The zero-order chi connectivity index (χ0) is 26.9. The van der Waals surface area contributed by atoms with Gasteiger partial charge >= 0.3 is 6.09 Å².